The van der Waals surface area contributed by atoms with Crippen molar-refractivity contribution in [2.45, 2.75) is 20.0 Å². The zero-order valence-electron chi connectivity index (χ0n) is 11.3. The van der Waals surface area contributed by atoms with Crippen LogP contribution in [0.1, 0.15) is 16.5 Å². The van der Waals surface area contributed by atoms with Gasteiger partial charge in [0.25, 0.3) is 0 Å². The molecule has 0 fully saturated rings. The Hall–Kier alpha value is -1.91. The van der Waals surface area contributed by atoms with Crippen molar-refractivity contribution >= 4 is 11.3 Å². The van der Waals surface area contributed by atoms with E-state index in [-0.39, 0.29) is 0 Å². The van der Waals surface area contributed by atoms with Gasteiger partial charge in [0.2, 0.25) is 0 Å². The molecule has 0 unspecified atom stereocenters. The van der Waals surface area contributed by atoms with Crippen molar-refractivity contribution < 1.29 is 4.42 Å². The van der Waals surface area contributed by atoms with Crippen molar-refractivity contribution in [1.29, 1.82) is 0 Å². The van der Waals surface area contributed by atoms with Crippen LogP contribution in [0.15, 0.2) is 52.3 Å². The summed E-state index contributed by atoms with van der Waals surface area (Å²) < 4.78 is 5.52. The van der Waals surface area contributed by atoms with Crippen molar-refractivity contribution in [3.05, 3.63) is 64.4 Å². The van der Waals surface area contributed by atoms with Gasteiger partial charge in [-0.05, 0) is 19.1 Å². The van der Waals surface area contributed by atoms with Gasteiger partial charge in [0.15, 0.2) is 0 Å². The van der Waals surface area contributed by atoms with Crippen LogP contribution < -0.4 is 5.32 Å². The average Bonchev–Trinajstić information content (AvgIpc) is 3.09. The van der Waals surface area contributed by atoms with Gasteiger partial charge in [-0.1, -0.05) is 30.3 Å². The average molecular weight is 284 g/mol. The number of furan rings is 1. The third-order valence-electron chi connectivity index (χ3n) is 2.99. The molecule has 102 valence electrons. The first kappa shape index (κ1) is 13.1. The van der Waals surface area contributed by atoms with Gasteiger partial charge in [-0.15, -0.1) is 11.3 Å². The van der Waals surface area contributed by atoms with Crippen molar-refractivity contribution in [3.8, 4) is 11.3 Å². The molecule has 0 spiro atoms. The maximum absolute atomic E-state index is 5.52. The Labute approximate surface area is 122 Å². The van der Waals surface area contributed by atoms with E-state index in [1.54, 1.807) is 11.3 Å². The SMILES string of the molecule is Cc1ccc(CNCc2nc(-c3ccccc3)cs2)o1. The van der Waals surface area contributed by atoms with Crippen LogP contribution in [0.3, 0.4) is 0 Å². The van der Waals surface area contributed by atoms with Crippen LogP contribution in [0, 0.1) is 6.92 Å². The Bertz CT molecular complexity index is 673. The number of benzene rings is 1. The number of hydrogen-bond donors (Lipinski definition) is 1. The predicted molar refractivity (Wildman–Crippen MR) is 81.5 cm³/mol. The number of rotatable bonds is 5. The summed E-state index contributed by atoms with van der Waals surface area (Å²) in [5.74, 6) is 1.91. The highest BCUT2D eigenvalue weighted by molar-refractivity contribution is 7.09. The maximum Gasteiger partial charge on any atom is 0.117 e. The fraction of sp³-hybridized carbons (Fsp3) is 0.188. The van der Waals surface area contributed by atoms with E-state index in [0.717, 1.165) is 40.9 Å². The van der Waals surface area contributed by atoms with Crippen molar-refractivity contribution in [3.63, 3.8) is 0 Å². The lowest BCUT2D eigenvalue weighted by Gasteiger charge is -1.99. The zero-order chi connectivity index (χ0) is 13.8. The van der Waals surface area contributed by atoms with Gasteiger partial charge in [-0.25, -0.2) is 4.98 Å². The molecule has 3 rings (SSSR count). The molecule has 4 heteroatoms. The minimum atomic E-state index is 0.730. The van der Waals surface area contributed by atoms with E-state index in [1.807, 2.05) is 37.3 Å². The Kier molecular flexibility index (Phi) is 3.95. The largest absolute Gasteiger partial charge is 0.465 e. The predicted octanol–water partition coefficient (Wildman–Crippen LogP) is 4.00. The van der Waals surface area contributed by atoms with Crippen LogP contribution >= 0.6 is 11.3 Å². The van der Waals surface area contributed by atoms with Gasteiger partial charge in [0, 0.05) is 17.5 Å². The van der Waals surface area contributed by atoms with E-state index >= 15 is 0 Å². The monoisotopic (exact) mass is 284 g/mol. The third-order valence-corrected chi connectivity index (χ3v) is 3.84. The molecule has 20 heavy (non-hydrogen) atoms. The summed E-state index contributed by atoms with van der Waals surface area (Å²) in [6.07, 6.45) is 0. The molecule has 0 amide bonds. The number of hydrogen-bond acceptors (Lipinski definition) is 4. The maximum atomic E-state index is 5.52. The molecule has 0 aliphatic carbocycles. The van der Waals surface area contributed by atoms with E-state index < -0.39 is 0 Å². The van der Waals surface area contributed by atoms with Crippen LogP contribution in [0.5, 0.6) is 0 Å². The van der Waals surface area contributed by atoms with Crippen molar-refractivity contribution in [1.82, 2.24) is 10.3 Å². The van der Waals surface area contributed by atoms with Gasteiger partial charge in [0.1, 0.15) is 16.5 Å². The molecule has 1 N–H and O–H groups in total. The van der Waals surface area contributed by atoms with Crippen LogP contribution in [-0.2, 0) is 13.1 Å². The number of thiazole rings is 1. The lowest BCUT2D eigenvalue weighted by Crippen LogP contribution is -2.11. The minimum Gasteiger partial charge on any atom is -0.465 e. The molecule has 3 aromatic rings. The standard InChI is InChI=1S/C16H16N2OS/c1-12-7-8-14(19-12)9-17-10-16-18-15(11-20-16)13-5-3-2-4-6-13/h2-8,11,17H,9-10H2,1H3. The highest BCUT2D eigenvalue weighted by atomic mass is 32.1. The molecule has 0 saturated carbocycles. The highest BCUT2D eigenvalue weighted by Crippen LogP contribution is 2.21. The first-order valence-corrected chi connectivity index (χ1v) is 7.45. The van der Waals surface area contributed by atoms with E-state index in [9.17, 15) is 0 Å². The van der Waals surface area contributed by atoms with E-state index in [2.05, 4.69) is 27.8 Å². The van der Waals surface area contributed by atoms with E-state index in [4.69, 9.17) is 4.42 Å². The second-order valence-electron chi connectivity index (χ2n) is 4.61. The molecular weight excluding hydrogens is 268 g/mol. The van der Waals surface area contributed by atoms with Gasteiger partial charge in [-0.2, -0.15) is 0 Å². The third kappa shape index (κ3) is 3.15. The van der Waals surface area contributed by atoms with Crippen LogP contribution in [0.2, 0.25) is 0 Å². The van der Waals surface area contributed by atoms with Crippen molar-refractivity contribution in [2.75, 3.05) is 0 Å². The molecule has 0 atom stereocenters. The fourth-order valence-electron chi connectivity index (χ4n) is 2.01. The first-order valence-electron chi connectivity index (χ1n) is 6.57. The number of aryl methyl sites for hydroxylation is 1. The molecule has 3 nitrogen and oxygen atoms in total. The number of aromatic nitrogens is 1. The summed E-state index contributed by atoms with van der Waals surface area (Å²) in [5, 5.41) is 6.54. The van der Waals surface area contributed by atoms with Crippen molar-refractivity contribution in [2.24, 2.45) is 0 Å². The first-order chi connectivity index (χ1) is 9.81. The smallest absolute Gasteiger partial charge is 0.117 e. The van der Waals surface area contributed by atoms with Crippen LogP contribution in [0.25, 0.3) is 11.3 Å². The molecule has 2 heterocycles. The Morgan fingerprint density at radius 2 is 1.95 bits per heavy atom. The molecule has 2 aromatic heterocycles. The summed E-state index contributed by atoms with van der Waals surface area (Å²) in [4.78, 5) is 4.64. The van der Waals surface area contributed by atoms with Crippen LogP contribution in [-0.4, -0.2) is 4.98 Å². The zero-order valence-corrected chi connectivity index (χ0v) is 12.1. The van der Waals surface area contributed by atoms with Crippen LogP contribution in [0.4, 0.5) is 0 Å². The summed E-state index contributed by atoms with van der Waals surface area (Å²) in [5.41, 5.74) is 2.21. The van der Waals surface area contributed by atoms with Gasteiger partial charge >= 0.3 is 0 Å². The highest BCUT2D eigenvalue weighted by Gasteiger charge is 2.04. The second-order valence-corrected chi connectivity index (χ2v) is 5.55. The molecule has 0 bridgehead atoms. The topological polar surface area (TPSA) is 38.1 Å². The summed E-state index contributed by atoms with van der Waals surface area (Å²) >= 11 is 1.68. The molecule has 0 saturated heterocycles. The number of nitrogens with one attached hydrogen (secondary N) is 1. The summed E-state index contributed by atoms with van der Waals surface area (Å²) in [6.45, 7) is 3.45. The molecule has 0 radical (unpaired) electrons. The summed E-state index contributed by atoms with van der Waals surface area (Å²) in [6, 6.07) is 14.2. The lowest BCUT2D eigenvalue weighted by atomic mass is 10.2. The van der Waals surface area contributed by atoms with E-state index in [1.165, 1.54) is 0 Å². The molecule has 0 aliphatic heterocycles. The van der Waals surface area contributed by atoms with Gasteiger partial charge < -0.3 is 9.73 Å². The lowest BCUT2D eigenvalue weighted by molar-refractivity contribution is 0.461. The van der Waals surface area contributed by atoms with E-state index in [0.29, 0.717) is 0 Å². The normalized spacial score (nSPS) is 10.8. The summed E-state index contributed by atoms with van der Waals surface area (Å²) in [7, 11) is 0. The Morgan fingerprint density at radius 3 is 2.70 bits per heavy atom. The van der Waals surface area contributed by atoms with Gasteiger partial charge in [0.05, 0.1) is 12.2 Å². The minimum absolute atomic E-state index is 0.730. The Balaban J connectivity index is 1.58. The number of nitrogens with zero attached hydrogens (tertiary/aromatic N) is 1. The quantitative estimate of drug-likeness (QED) is 0.769. The molecular formula is C16H16N2OS. The molecule has 0 aliphatic rings. The second kappa shape index (κ2) is 6.03. The van der Waals surface area contributed by atoms with Gasteiger partial charge in [-0.3, -0.25) is 0 Å². The molecule has 1 aromatic carbocycles. The Morgan fingerprint density at radius 1 is 1.10 bits per heavy atom. The fourth-order valence-corrected chi connectivity index (χ4v) is 2.78.